The molecule has 0 saturated carbocycles. The highest BCUT2D eigenvalue weighted by Crippen LogP contribution is 2.25. The van der Waals surface area contributed by atoms with E-state index < -0.39 is 5.97 Å². The second kappa shape index (κ2) is 4.14. The van der Waals surface area contributed by atoms with E-state index in [-0.39, 0.29) is 0 Å². The highest BCUT2D eigenvalue weighted by Gasteiger charge is 2.13. The van der Waals surface area contributed by atoms with E-state index in [1.807, 2.05) is 18.2 Å². The molecule has 0 radical (unpaired) electrons. The molecule has 2 aromatic heterocycles. The van der Waals surface area contributed by atoms with Crippen molar-refractivity contribution < 1.29 is 13.9 Å². The zero-order valence-corrected chi connectivity index (χ0v) is 9.84. The predicted octanol–water partition coefficient (Wildman–Crippen LogP) is 3.16. The fourth-order valence-corrected chi connectivity index (χ4v) is 1.97. The number of aromatic nitrogens is 1. The summed E-state index contributed by atoms with van der Waals surface area (Å²) in [5.74, 6) is -0.394. The van der Waals surface area contributed by atoms with E-state index in [4.69, 9.17) is 9.15 Å². The molecule has 0 unspecified atom stereocenters. The number of fused-ring (bicyclic) bond motifs is 3. The Balaban J connectivity index is 2.22. The Bertz CT molecular complexity index is 730. The molecule has 3 rings (SSSR count). The zero-order chi connectivity index (χ0) is 12.5. The summed E-state index contributed by atoms with van der Waals surface area (Å²) in [4.78, 5) is 16.0. The van der Waals surface area contributed by atoms with Crippen molar-refractivity contribution in [3.8, 4) is 0 Å². The number of hydrogen-bond donors (Lipinski definition) is 0. The predicted molar refractivity (Wildman–Crippen MR) is 67.5 cm³/mol. The molecule has 1 aromatic carbocycles. The summed E-state index contributed by atoms with van der Waals surface area (Å²) < 4.78 is 10.3. The standard InChI is InChI=1S/C14H11NO3/c1-2-17-14(16)11-8-9-5-6-12-10(13(9)15-11)4-3-7-18-12/h3-8H,2H2,1H3. The van der Waals surface area contributed by atoms with Gasteiger partial charge in [-0.2, -0.15) is 0 Å². The molecule has 0 atom stereocenters. The lowest BCUT2D eigenvalue weighted by molar-refractivity contribution is 0.0520. The van der Waals surface area contributed by atoms with Crippen LogP contribution in [-0.4, -0.2) is 17.6 Å². The van der Waals surface area contributed by atoms with Crippen molar-refractivity contribution >= 4 is 27.8 Å². The Morgan fingerprint density at radius 2 is 2.28 bits per heavy atom. The summed E-state index contributed by atoms with van der Waals surface area (Å²) in [5, 5.41) is 1.80. The lowest BCUT2D eigenvalue weighted by Crippen LogP contribution is -2.04. The highest BCUT2D eigenvalue weighted by molar-refractivity contribution is 6.06. The summed E-state index contributed by atoms with van der Waals surface area (Å²) >= 11 is 0. The number of hydrogen-bond acceptors (Lipinski definition) is 4. The number of rotatable bonds is 2. The quantitative estimate of drug-likeness (QED) is 0.647. The Hall–Kier alpha value is -2.36. The molecule has 2 heterocycles. The fourth-order valence-electron chi connectivity index (χ4n) is 1.97. The van der Waals surface area contributed by atoms with Crippen LogP contribution in [0.2, 0.25) is 0 Å². The Morgan fingerprint density at radius 3 is 3.11 bits per heavy atom. The lowest BCUT2D eigenvalue weighted by atomic mass is 10.2. The second-order valence-corrected chi connectivity index (χ2v) is 3.89. The maximum absolute atomic E-state index is 11.6. The third-order valence-electron chi connectivity index (χ3n) is 2.75. The third kappa shape index (κ3) is 1.62. The molecule has 0 bridgehead atoms. The van der Waals surface area contributed by atoms with Gasteiger partial charge in [-0.25, -0.2) is 9.78 Å². The first-order valence-corrected chi connectivity index (χ1v) is 5.73. The molecule has 0 amide bonds. The van der Waals surface area contributed by atoms with Crippen LogP contribution in [0.4, 0.5) is 0 Å². The van der Waals surface area contributed by atoms with Gasteiger partial charge in [0.1, 0.15) is 11.3 Å². The third-order valence-corrected chi connectivity index (χ3v) is 2.75. The smallest absolute Gasteiger partial charge is 0.356 e. The Labute approximate surface area is 103 Å². The number of carbonyl (C=O) groups is 1. The fraction of sp³-hybridized carbons (Fsp3) is 0.143. The number of carbonyl (C=O) groups excluding carboxylic acids is 1. The van der Waals surface area contributed by atoms with Crippen LogP contribution in [0.25, 0.3) is 21.9 Å². The number of esters is 1. The van der Waals surface area contributed by atoms with E-state index in [1.54, 1.807) is 25.3 Å². The van der Waals surface area contributed by atoms with Crippen molar-refractivity contribution in [2.75, 3.05) is 6.61 Å². The van der Waals surface area contributed by atoms with Crippen LogP contribution in [-0.2, 0) is 4.74 Å². The molecular weight excluding hydrogens is 230 g/mol. The molecule has 0 N–H and O–H groups in total. The molecular formula is C14H11NO3. The van der Waals surface area contributed by atoms with Crippen LogP contribution in [0.1, 0.15) is 17.4 Å². The van der Waals surface area contributed by atoms with Gasteiger partial charge < -0.3 is 9.15 Å². The van der Waals surface area contributed by atoms with E-state index in [1.165, 1.54) is 0 Å². The molecule has 0 spiro atoms. The molecule has 0 aliphatic carbocycles. The van der Waals surface area contributed by atoms with E-state index in [0.717, 1.165) is 21.9 Å². The first kappa shape index (κ1) is 10.8. The van der Waals surface area contributed by atoms with Crippen molar-refractivity contribution in [1.29, 1.82) is 0 Å². The van der Waals surface area contributed by atoms with E-state index in [0.29, 0.717) is 12.3 Å². The van der Waals surface area contributed by atoms with Gasteiger partial charge >= 0.3 is 5.97 Å². The maximum Gasteiger partial charge on any atom is 0.356 e. The zero-order valence-electron chi connectivity index (χ0n) is 9.84. The monoisotopic (exact) mass is 241 g/mol. The molecule has 3 aromatic rings. The SMILES string of the molecule is CCOC(=O)c1cc2ccc3occcc3c2n1. The average molecular weight is 241 g/mol. The molecule has 0 aliphatic rings. The number of ether oxygens (including phenoxy) is 1. The molecule has 4 heteroatoms. The van der Waals surface area contributed by atoms with Crippen LogP contribution in [0, 0.1) is 0 Å². The van der Waals surface area contributed by atoms with E-state index in [2.05, 4.69) is 4.98 Å². The van der Waals surface area contributed by atoms with Crippen molar-refractivity contribution in [1.82, 2.24) is 4.98 Å². The van der Waals surface area contributed by atoms with Gasteiger partial charge in [0.25, 0.3) is 0 Å². The van der Waals surface area contributed by atoms with Crippen molar-refractivity contribution in [2.24, 2.45) is 0 Å². The molecule has 90 valence electrons. The topological polar surface area (TPSA) is 52.3 Å². The van der Waals surface area contributed by atoms with Crippen LogP contribution in [0.15, 0.2) is 41.0 Å². The van der Waals surface area contributed by atoms with Crippen LogP contribution >= 0.6 is 0 Å². The van der Waals surface area contributed by atoms with Gasteiger partial charge in [-0.15, -0.1) is 0 Å². The molecule has 0 aliphatic heterocycles. The van der Waals surface area contributed by atoms with Gasteiger partial charge in [-0.1, -0.05) is 0 Å². The first-order chi connectivity index (χ1) is 8.79. The lowest BCUT2D eigenvalue weighted by Gasteiger charge is -1.97. The molecule has 18 heavy (non-hydrogen) atoms. The Kier molecular flexibility index (Phi) is 2.48. The first-order valence-electron chi connectivity index (χ1n) is 5.73. The van der Waals surface area contributed by atoms with Gasteiger partial charge in [0.2, 0.25) is 0 Å². The van der Waals surface area contributed by atoms with Crippen LogP contribution < -0.4 is 0 Å². The van der Waals surface area contributed by atoms with Gasteiger partial charge in [0, 0.05) is 10.8 Å². The minimum Gasteiger partial charge on any atom is -0.464 e. The summed E-state index contributed by atoms with van der Waals surface area (Å²) in [6.07, 6.45) is 1.61. The second-order valence-electron chi connectivity index (χ2n) is 3.89. The van der Waals surface area contributed by atoms with Crippen molar-refractivity contribution in [2.45, 2.75) is 6.92 Å². The van der Waals surface area contributed by atoms with Gasteiger partial charge in [-0.3, -0.25) is 0 Å². The van der Waals surface area contributed by atoms with Crippen molar-refractivity contribution in [3.05, 3.63) is 42.3 Å². The van der Waals surface area contributed by atoms with Gasteiger partial charge in [0.15, 0.2) is 0 Å². The van der Waals surface area contributed by atoms with Crippen LogP contribution in [0.5, 0.6) is 0 Å². The molecule has 4 nitrogen and oxygen atoms in total. The summed E-state index contributed by atoms with van der Waals surface area (Å²) in [6.45, 7) is 2.12. The van der Waals surface area contributed by atoms with Gasteiger partial charge in [-0.05, 0) is 37.3 Å². The van der Waals surface area contributed by atoms with Crippen LogP contribution in [0.3, 0.4) is 0 Å². The summed E-state index contributed by atoms with van der Waals surface area (Å²) in [6, 6.07) is 9.22. The van der Waals surface area contributed by atoms with E-state index in [9.17, 15) is 4.79 Å². The van der Waals surface area contributed by atoms with E-state index >= 15 is 0 Å². The average Bonchev–Trinajstić information content (AvgIpc) is 2.83. The normalized spacial score (nSPS) is 10.9. The number of benzene rings is 1. The minimum atomic E-state index is -0.394. The highest BCUT2D eigenvalue weighted by atomic mass is 16.5. The Morgan fingerprint density at radius 1 is 1.39 bits per heavy atom. The maximum atomic E-state index is 11.6. The number of nitrogens with zero attached hydrogens (tertiary/aromatic N) is 1. The molecule has 0 saturated heterocycles. The van der Waals surface area contributed by atoms with Crippen molar-refractivity contribution in [3.63, 3.8) is 0 Å². The van der Waals surface area contributed by atoms with Gasteiger partial charge in [0.05, 0.1) is 18.4 Å². The summed E-state index contributed by atoms with van der Waals surface area (Å²) in [5.41, 5.74) is 1.85. The molecule has 0 fully saturated rings. The summed E-state index contributed by atoms with van der Waals surface area (Å²) in [7, 11) is 0. The minimum absolute atomic E-state index is 0.336. The largest absolute Gasteiger partial charge is 0.464 e.